The van der Waals surface area contributed by atoms with Gasteiger partial charge in [-0.05, 0) is 43.8 Å². The highest BCUT2D eigenvalue weighted by Gasteiger charge is 2.33. The summed E-state index contributed by atoms with van der Waals surface area (Å²) in [7, 11) is 1.47. The lowest BCUT2D eigenvalue weighted by molar-refractivity contribution is -0.384. The second-order valence-electron chi connectivity index (χ2n) is 6.22. The van der Waals surface area contributed by atoms with Crippen LogP contribution in [-0.4, -0.2) is 35.4 Å². The van der Waals surface area contributed by atoms with Crippen molar-refractivity contribution in [1.82, 2.24) is 4.90 Å². The van der Waals surface area contributed by atoms with Gasteiger partial charge >= 0.3 is 0 Å². The first-order valence-electron chi connectivity index (χ1n) is 8.43. The van der Waals surface area contributed by atoms with Crippen LogP contribution in [0.3, 0.4) is 0 Å². The Morgan fingerprint density at radius 3 is 2.92 bits per heavy atom. The number of rotatable bonds is 6. The van der Waals surface area contributed by atoms with E-state index < -0.39 is 4.92 Å². The van der Waals surface area contributed by atoms with Gasteiger partial charge in [-0.1, -0.05) is 6.07 Å². The number of nitro groups is 1. The number of amides is 1. The van der Waals surface area contributed by atoms with Crippen LogP contribution in [0.1, 0.15) is 30.7 Å². The maximum absolute atomic E-state index is 12.8. The predicted molar refractivity (Wildman–Crippen MR) is 101 cm³/mol. The number of hydrogen-bond donors (Lipinski definition) is 1. The van der Waals surface area contributed by atoms with Gasteiger partial charge in [-0.25, -0.2) is 0 Å². The maximum atomic E-state index is 12.8. The first kappa shape index (κ1) is 18.3. The van der Waals surface area contributed by atoms with Gasteiger partial charge < -0.3 is 10.1 Å². The van der Waals surface area contributed by atoms with E-state index in [0.29, 0.717) is 11.4 Å². The minimum Gasteiger partial charge on any atom is -0.495 e. The van der Waals surface area contributed by atoms with E-state index in [4.69, 9.17) is 4.74 Å². The van der Waals surface area contributed by atoms with E-state index in [1.165, 1.54) is 30.2 Å². The van der Waals surface area contributed by atoms with E-state index in [9.17, 15) is 14.9 Å². The molecule has 1 N–H and O–H groups in total. The Morgan fingerprint density at radius 1 is 1.46 bits per heavy atom. The molecular weight excluding hydrogens is 354 g/mol. The third-order valence-electron chi connectivity index (χ3n) is 4.69. The van der Waals surface area contributed by atoms with Crippen LogP contribution in [0.5, 0.6) is 5.75 Å². The van der Waals surface area contributed by atoms with Crippen molar-refractivity contribution < 1.29 is 14.5 Å². The summed E-state index contributed by atoms with van der Waals surface area (Å²) < 4.78 is 5.22. The molecule has 138 valence electrons. The molecule has 1 saturated heterocycles. The molecular formula is C18H21N3O4S. The number of benzene rings is 1. The molecule has 1 aliphatic heterocycles. The largest absolute Gasteiger partial charge is 0.495 e. The Kier molecular flexibility index (Phi) is 5.53. The molecule has 7 nitrogen and oxygen atoms in total. The Morgan fingerprint density at radius 2 is 2.27 bits per heavy atom. The fourth-order valence-electron chi connectivity index (χ4n) is 3.33. The van der Waals surface area contributed by atoms with Gasteiger partial charge in [-0.2, -0.15) is 0 Å². The second kappa shape index (κ2) is 7.84. The predicted octanol–water partition coefficient (Wildman–Crippen LogP) is 3.83. The van der Waals surface area contributed by atoms with Crippen LogP contribution in [0.25, 0.3) is 0 Å². The highest BCUT2D eigenvalue weighted by molar-refractivity contribution is 7.10. The number of nitrogens with zero attached hydrogens (tertiary/aromatic N) is 2. The lowest BCUT2D eigenvalue weighted by Gasteiger charge is -2.29. The molecule has 1 fully saturated rings. The Hall–Kier alpha value is -2.45. The molecule has 2 aromatic rings. The van der Waals surface area contributed by atoms with Crippen LogP contribution in [0.15, 0.2) is 35.7 Å². The minimum atomic E-state index is -0.494. The van der Waals surface area contributed by atoms with Crippen molar-refractivity contribution in [3.8, 4) is 5.75 Å². The third kappa shape index (κ3) is 3.71. The van der Waals surface area contributed by atoms with Crippen molar-refractivity contribution in [1.29, 1.82) is 0 Å². The van der Waals surface area contributed by atoms with Crippen molar-refractivity contribution in [2.45, 2.75) is 31.8 Å². The smallest absolute Gasteiger partial charge is 0.271 e. The van der Waals surface area contributed by atoms with Gasteiger partial charge in [-0.15, -0.1) is 11.3 Å². The van der Waals surface area contributed by atoms with E-state index in [2.05, 4.69) is 16.3 Å². The number of ether oxygens (including phenoxy) is 1. The van der Waals surface area contributed by atoms with Crippen molar-refractivity contribution in [2.75, 3.05) is 19.0 Å². The van der Waals surface area contributed by atoms with Gasteiger partial charge in [-0.3, -0.25) is 19.8 Å². The van der Waals surface area contributed by atoms with Crippen LogP contribution < -0.4 is 10.1 Å². The van der Waals surface area contributed by atoms with Crippen molar-refractivity contribution in [2.24, 2.45) is 0 Å². The van der Waals surface area contributed by atoms with Crippen molar-refractivity contribution in [3.63, 3.8) is 0 Å². The molecule has 0 saturated carbocycles. The van der Waals surface area contributed by atoms with Crippen LogP contribution in [-0.2, 0) is 4.79 Å². The van der Waals surface area contributed by atoms with Gasteiger partial charge in [0, 0.05) is 23.1 Å². The monoisotopic (exact) mass is 375 g/mol. The summed E-state index contributed by atoms with van der Waals surface area (Å²) in [6.45, 7) is 2.72. The van der Waals surface area contributed by atoms with Gasteiger partial charge in [0.1, 0.15) is 5.75 Å². The fraction of sp³-hybridized carbons (Fsp3) is 0.389. The number of nitro benzene ring substituents is 1. The lowest BCUT2D eigenvalue weighted by Crippen LogP contribution is -2.41. The van der Waals surface area contributed by atoms with Crippen molar-refractivity contribution in [3.05, 3.63) is 50.7 Å². The molecule has 1 aromatic carbocycles. The average Bonchev–Trinajstić information content (AvgIpc) is 3.31. The average molecular weight is 375 g/mol. The number of methoxy groups -OCH3 is 1. The summed E-state index contributed by atoms with van der Waals surface area (Å²) in [5.41, 5.74) is 0.219. The molecule has 0 unspecified atom stereocenters. The van der Waals surface area contributed by atoms with Crippen LogP contribution in [0.4, 0.5) is 11.4 Å². The van der Waals surface area contributed by atoms with E-state index in [0.717, 1.165) is 19.4 Å². The van der Waals surface area contributed by atoms with Gasteiger partial charge in [0.05, 0.1) is 23.8 Å². The molecule has 3 rings (SSSR count). The zero-order valence-corrected chi connectivity index (χ0v) is 15.5. The molecule has 2 atom stereocenters. The molecule has 2 heterocycles. The Bertz CT molecular complexity index is 794. The van der Waals surface area contributed by atoms with Crippen LogP contribution in [0.2, 0.25) is 0 Å². The summed E-state index contributed by atoms with van der Waals surface area (Å²) in [5.74, 6) is 0.194. The maximum Gasteiger partial charge on any atom is 0.271 e. The van der Waals surface area contributed by atoms with Gasteiger partial charge in [0.25, 0.3) is 5.69 Å². The Labute approximate surface area is 155 Å². The number of thiophene rings is 1. The number of hydrogen-bond acceptors (Lipinski definition) is 6. The van der Waals surface area contributed by atoms with E-state index >= 15 is 0 Å². The van der Waals surface area contributed by atoms with E-state index in [1.54, 1.807) is 11.3 Å². The molecule has 0 spiro atoms. The fourth-order valence-corrected chi connectivity index (χ4v) is 4.22. The summed E-state index contributed by atoms with van der Waals surface area (Å²) in [5, 5.41) is 15.8. The number of non-ortho nitro benzene ring substituents is 1. The van der Waals surface area contributed by atoms with Crippen LogP contribution in [0, 0.1) is 10.1 Å². The highest BCUT2D eigenvalue weighted by atomic mass is 32.1. The molecule has 26 heavy (non-hydrogen) atoms. The zero-order chi connectivity index (χ0) is 18.7. The standard InChI is InChI=1S/C18H21N3O4S/c1-12(20-9-3-5-15(20)17-6-4-10-26-17)18(22)19-14-11-13(21(23)24)7-8-16(14)25-2/h4,6-8,10-12,15H,3,5,9H2,1-2H3,(H,19,22)/t12-,15+/m1/s1. The number of likely N-dealkylation sites (tertiary alicyclic amines) is 1. The third-order valence-corrected chi connectivity index (χ3v) is 5.67. The number of anilines is 1. The summed E-state index contributed by atoms with van der Waals surface area (Å²) in [6.07, 6.45) is 2.07. The Balaban J connectivity index is 1.77. The van der Waals surface area contributed by atoms with E-state index in [1.807, 2.05) is 18.4 Å². The normalized spacial score (nSPS) is 18.5. The summed E-state index contributed by atoms with van der Waals surface area (Å²) in [6, 6.07) is 8.17. The summed E-state index contributed by atoms with van der Waals surface area (Å²) >= 11 is 1.70. The number of nitrogens with one attached hydrogen (secondary N) is 1. The quantitative estimate of drug-likeness (QED) is 0.613. The molecule has 0 radical (unpaired) electrons. The number of carbonyl (C=O) groups excluding carboxylic acids is 1. The molecule has 8 heteroatoms. The van der Waals surface area contributed by atoms with Crippen molar-refractivity contribution >= 4 is 28.6 Å². The molecule has 0 bridgehead atoms. The highest BCUT2D eigenvalue weighted by Crippen LogP contribution is 2.36. The molecule has 1 aliphatic rings. The second-order valence-corrected chi connectivity index (χ2v) is 7.20. The van der Waals surface area contributed by atoms with Gasteiger partial charge in [0.15, 0.2) is 0 Å². The first-order valence-corrected chi connectivity index (χ1v) is 9.31. The van der Waals surface area contributed by atoms with E-state index in [-0.39, 0.29) is 23.7 Å². The molecule has 1 amide bonds. The number of carbonyl (C=O) groups is 1. The lowest BCUT2D eigenvalue weighted by atomic mass is 10.1. The van der Waals surface area contributed by atoms with Gasteiger partial charge in [0.2, 0.25) is 5.91 Å². The topological polar surface area (TPSA) is 84.7 Å². The first-order chi connectivity index (χ1) is 12.5. The molecule has 1 aromatic heterocycles. The SMILES string of the molecule is COc1ccc([N+](=O)[O-])cc1NC(=O)[C@@H](C)N1CCC[C@H]1c1cccs1. The molecule has 0 aliphatic carbocycles. The minimum absolute atomic E-state index is 0.0913. The van der Waals surface area contributed by atoms with Crippen LogP contribution >= 0.6 is 11.3 Å². The zero-order valence-electron chi connectivity index (χ0n) is 14.7. The summed E-state index contributed by atoms with van der Waals surface area (Å²) in [4.78, 5) is 26.7.